The van der Waals surface area contributed by atoms with E-state index in [9.17, 15) is 9.59 Å². The summed E-state index contributed by atoms with van der Waals surface area (Å²) in [5.41, 5.74) is 1.74. The summed E-state index contributed by atoms with van der Waals surface area (Å²) >= 11 is 0. The molecule has 0 aliphatic heterocycles. The number of likely N-dealkylation sites (N-methyl/N-ethyl adjacent to an activating group) is 1. The molecule has 0 saturated heterocycles. The third-order valence-corrected chi connectivity index (χ3v) is 3.78. The Morgan fingerprint density at radius 2 is 2.05 bits per heavy atom. The topological polar surface area (TPSA) is 76.0 Å². The van der Waals surface area contributed by atoms with Crippen LogP contribution in [-0.2, 0) is 22.7 Å². The Hall–Kier alpha value is -2.37. The fourth-order valence-electron chi connectivity index (χ4n) is 2.49. The second kappa shape index (κ2) is 6.17. The summed E-state index contributed by atoms with van der Waals surface area (Å²) in [5.74, 6) is 0.903. The smallest absolute Gasteiger partial charge is 0.239 e. The van der Waals surface area contributed by atoms with Crippen LogP contribution in [0.5, 0.6) is 0 Å². The molecule has 2 amide bonds. The first kappa shape index (κ1) is 14.6. The normalized spacial score (nSPS) is 14.0. The van der Waals surface area contributed by atoms with Gasteiger partial charge < -0.3 is 15.2 Å². The Labute approximate surface area is 128 Å². The molecule has 1 fully saturated rings. The van der Waals surface area contributed by atoms with Crippen molar-refractivity contribution in [3.8, 4) is 0 Å². The Morgan fingerprint density at radius 3 is 2.77 bits per heavy atom. The van der Waals surface area contributed by atoms with Gasteiger partial charge in [-0.1, -0.05) is 12.1 Å². The molecule has 1 aliphatic rings. The van der Waals surface area contributed by atoms with Crippen molar-refractivity contribution in [1.29, 1.82) is 0 Å². The molecule has 6 heteroatoms. The largest absolute Gasteiger partial charge is 0.355 e. The number of hydrogen-bond acceptors (Lipinski definition) is 3. The van der Waals surface area contributed by atoms with Crippen molar-refractivity contribution < 1.29 is 9.59 Å². The highest BCUT2D eigenvalue weighted by atomic mass is 16.2. The lowest BCUT2D eigenvalue weighted by Gasteiger charge is -2.10. The van der Waals surface area contributed by atoms with Crippen LogP contribution in [0.25, 0.3) is 11.0 Å². The maximum absolute atomic E-state index is 11.9. The first-order chi connectivity index (χ1) is 10.7. The van der Waals surface area contributed by atoms with Gasteiger partial charge in [-0.05, 0) is 31.9 Å². The maximum atomic E-state index is 11.9. The number of nitrogens with one attached hydrogen (secondary N) is 2. The van der Waals surface area contributed by atoms with E-state index < -0.39 is 0 Å². The monoisotopic (exact) mass is 300 g/mol. The fourth-order valence-corrected chi connectivity index (χ4v) is 2.49. The van der Waals surface area contributed by atoms with Gasteiger partial charge in [0.2, 0.25) is 11.8 Å². The number of para-hydroxylation sites is 2. The molecule has 116 valence electrons. The first-order valence-electron chi connectivity index (χ1n) is 7.67. The van der Waals surface area contributed by atoms with E-state index in [1.165, 1.54) is 0 Å². The number of aromatic nitrogens is 2. The summed E-state index contributed by atoms with van der Waals surface area (Å²) in [6, 6.07) is 7.69. The van der Waals surface area contributed by atoms with Crippen molar-refractivity contribution in [3.63, 3.8) is 0 Å². The Morgan fingerprint density at radius 1 is 1.27 bits per heavy atom. The molecule has 0 radical (unpaired) electrons. The third kappa shape index (κ3) is 3.10. The van der Waals surface area contributed by atoms with Crippen molar-refractivity contribution >= 4 is 22.8 Å². The van der Waals surface area contributed by atoms with Crippen LogP contribution < -0.4 is 10.6 Å². The molecule has 3 rings (SSSR count). The van der Waals surface area contributed by atoms with Gasteiger partial charge in [-0.15, -0.1) is 0 Å². The van der Waals surface area contributed by atoms with Gasteiger partial charge in [0, 0.05) is 12.5 Å². The molecule has 1 aromatic heterocycles. The van der Waals surface area contributed by atoms with Crippen molar-refractivity contribution in [3.05, 3.63) is 30.1 Å². The number of carbonyl (C=O) groups is 2. The minimum absolute atomic E-state index is 0.0552. The Balaban J connectivity index is 1.83. The summed E-state index contributed by atoms with van der Waals surface area (Å²) < 4.78 is 1.87. The van der Waals surface area contributed by atoms with E-state index in [0.717, 1.165) is 23.9 Å². The number of imidazole rings is 1. The third-order valence-electron chi connectivity index (χ3n) is 3.78. The number of amides is 2. The van der Waals surface area contributed by atoms with Gasteiger partial charge in [-0.25, -0.2) is 4.98 Å². The zero-order valence-corrected chi connectivity index (χ0v) is 12.6. The van der Waals surface area contributed by atoms with Crippen LogP contribution in [0.1, 0.15) is 25.6 Å². The molecule has 2 aromatic rings. The standard InChI is InChI=1S/C16H20N4O2/c1-2-17-15(21)10-20-13-6-4-3-5-12(13)19-14(20)9-18-16(22)11-7-8-11/h3-6,11H,2,7-10H2,1H3,(H,17,21)(H,18,22). The molecule has 1 heterocycles. The number of rotatable bonds is 6. The lowest BCUT2D eigenvalue weighted by atomic mass is 10.3. The number of carbonyl (C=O) groups excluding carboxylic acids is 2. The van der Waals surface area contributed by atoms with Crippen LogP contribution in [0.2, 0.25) is 0 Å². The summed E-state index contributed by atoms with van der Waals surface area (Å²) in [5, 5.41) is 5.71. The molecule has 0 bridgehead atoms. The van der Waals surface area contributed by atoms with E-state index in [1.807, 2.05) is 35.8 Å². The van der Waals surface area contributed by atoms with Crippen molar-refractivity contribution in [1.82, 2.24) is 20.2 Å². The van der Waals surface area contributed by atoms with E-state index in [4.69, 9.17) is 0 Å². The highest BCUT2D eigenvalue weighted by Gasteiger charge is 2.29. The van der Waals surface area contributed by atoms with Crippen molar-refractivity contribution in [2.75, 3.05) is 6.54 Å². The molecule has 1 aromatic carbocycles. The SMILES string of the molecule is CCNC(=O)Cn1c(CNC(=O)C2CC2)nc2ccccc21. The number of hydrogen-bond donors (Lipinski definition) is 2. The fraction of sp³-hybridized carbons (Fsp3) is 0.438. The van der Waals surface area contributed by atoms with Gasteiger partial charge in [0.25, 0.3) is 0 Å². The lowest BCUT2D eigenvalue weighted by molar-refractivity contribution is -0.122. The number of fused-ring (bicyclic) bond motifs is 1. The molecule has 0 unspecified atom stereocenters. The predicted octanol–water partition coefficient (Wildman–Crippen LogP) is 1.20. The molecule has 1 saturated carbocycles. The van der Waals surface area contributed by atoms with Gasteiger partial charge in [0.05, 0.1) is 17.6 Å². The molecular weight excluding hydrogens is 280 g/mol. The molecule has 0 atom stereocenters. The highest BCUT2D eigenvalue weighted by Crippen LogP contribution is 2.28. The molecule has 22 heavy (non-hydrogen) atoms. The maximum Gasteiger partial charge on any atom is 0.239 e. The lowest BCUT2D eigenvalue weighted by Crippen LogP contribution is -2.30. The quantitative estimate of drug-likeness (QED) is 0.841. The summed E-state index contributed by atoms with van der Waals surface area (Å²) in [7, 11) is 0. The van der Waals surface area contributed by atoms with Gasteiger partial charge >= 0.3 is 0 Å². The van der Waals surface area contributed by atoms with Crippen LogP contribution >= 0.6 is 0 Å². The summed E-state index contributed by atoms with van der Waals surface area (Å²) in [6.45, 7) is 3.05. The van der Waals surface area contributed by atoms with E-state index >= 15 is 0 Å². The Kier molecular flexibility index (Phi) is 4.09. The molecule has 1 aliphatic carbocycles. The minimum Gasteiger partial charge on any atom is -0.355 e. The van der Waals surface area contributed by atoms with Gasteiger partial charge in [0.1, 0.15) is 12.4 Å². The number of nitrogens with zero attached hydrogens (tertiary/aromatic N) is 2. The average Bonchev–Trinajstić information content (AvgIpc) is 3.30. The van der Waals surface area contributed by atoms with Crippen molar-refractivity contribution in [2.45, 2.75) is 32.9 Å². The van der Waals surface area contributed by atoms with E-state index in [1.54, 1.807) is 0 Å². The number of benzene rings is 1. The van der Waals surface area contributed by atoms with E-state index in [0.29, 0.717) is 18.9 Å². The highest BCUT2D eigenvalue weighted by molar-refractivity contribution is 5.82. The molecule has 6 nitrogen and oxygen atoms in total. The van der Waals surface area contributed by atoms with E-state index in [2.05, 4.69) is 15.6 Å². The second-order valence-electron chi connectivity index (χ2n) is 5.55. The summed E-state index contributed by atoms with van der Waals surface area (Å²) in [6.07, 6.45) is 1.95. The zero-order chi connectivity index (χ0) is 15.5. The Bertz CT molecular complexity index is 703. The zero-order valence-electron chi connectivity index (χ0n) is 12.6. The van der Waals surface area contributed by atoms with E-state index in [-0.39, 0.29) is 24.3 Å². The van der Waals surface area contributed by atoms with Crippen LogP contribution in [0, 0.1) is 5.92 Å². The molecule has 2 N–H and O–H groups in total. The summed E-state index contributed by atoms with van der Waals surface area (Å²) in [4.78, 5) is 28.3. The van der Waals surface area contributed by atoms with Crippen molar-refractivity contribution in [2.24, 2.45) is 5.92 Å². The van der Waals surface area contributed by atoms with Crippen LogP contribution in [0.3, 0.4) is 0 Å². The molecular formula is C16H20N4O2. The van der Waals surface area contributed by atoms with Crippen LogP contribution in [0.15, 0.2) is 24.3 Å². The predicted molar refractivity (Wildman–Crippen MR) is 83.0 cm³/mol. The van der Waals surface area contributed by atoms with Gasteiger partial charge in [-0.3, -0.25) is 9.59 Å². The minimum atomic E-state index is -0.0552. The average molecular weight is 300 g/mol. The van der Waals surface area contributed by atoms with Gasteiger partial charge in [-0.2, -0.15) is 0 Å². The van der Waals surface area contributed by atoms with Gasteiger partial charge in [0.15, 0.2) is 0 Å². The van der Waals surface area contributed by atoms with Crippen LogP contribution in [-0.4, -0.2) is 27.9 Å². The van der Waals surface area contributed by atoms with Crippen LogP contribution in [0.4, 0.5) is 0 Å². The first-order valence-corrected chi connectivity index (χ1v) is 7.67. The molecule has 0 spiro atoms. The second-order valence-corrected chi connectivity index (χ2v) is 5.55.